The molecule has 1 atom stereocenters. The fraction of sp³-hybridized carbons (Fsp3) is 0.533. The van der Waals surface area contributed by atoms with Crippen LogP contribution in [0.2, 0.25) is 0 Å². The number of fused-ring (bicyclic) bond motifs is 1. The fourth-order valence-electron chi connectivity index (χ4n) is 2.73. The summed E-state index contributed by atoms with van der Waals surface area (Å²) in [5, 5.41) is 6.25. The summed E-state index contributed by atoms with van der Waals surface area (Å²) >= 11 is 0. The van der Waals surface area contributed by atoms with E-state index in [0.717, 1.165) is 38.3 Å². The number of rotatable bonds is 3. The highest BCUT2D eigenvalue weighted by Crippen LogP contribution is 2.17. The zero-order valence-electron chi connectivity index (χ0n) is 11.8. The van der Waals surface area contributed by atoms with Crippen molar-refractivity contribution in [3.8, 4) is 0 Å². The molecule has 5 heteroatoms. The normalized spacial score (nSPS) is 22.6. The molecule has 2 aliphatic heterocycles. The van der Waals surface area contributed by atoms with E-state index >= 15 is 0 Å². The number of hydrogen-bond donors (Lipinski definition) is 2. The minimum atomic E-state index is -0.0171. The van der Waals surface area contributed by atoms with Gasteiger partial charge < -0.3 is 20.3 Å². The van der Waals surface area contributed by atoms with Gasteiger partial charge in [0.05, 0.1) is 12.7 Å². The summed E-state index contributed by atoms with van der Waals surface area (Å²) in [6.07, 6.45) is 0.0915. The summed E-state index contributed by atoms with van der Waals surface area (Å²) in [5.41, 5.74) is 3.25. The molecule has 0 radical (unpaired) electrons. The van der Waals surface area contributed by atoms with Crippen LogP contribution < -0.4 is 10.6 Å². The Bertz CT molecular complexity index is 504. The lowest BCUT2D eigenvalue weighted by Crippen LogP contribution is -2.45. The maximum Gasteiger partial charge on any atom is 0.251 e. The van der Waals surface area contributed by atoms with E-state index in [4.69, 9.17) is 4.74 Å². The van der Waals surface area contributed by atoms with E-state index in [0.29, 0.717) is 6.54 Å². The summed E-state index contributed by atoms with van der Waals surface area (Å²) in [7, 11) is 2.07. The van der Waals surface area contributed by atoms with E-state index in [-0.39, 0.29) is 12.0 Å². The first-order chi connectivity index (χ1) is 9.72. The number of likely N-dealkylation sites (N-methyl/N-ethyl adjacent to an activating group) is 1. The molecule has 2 heterocycles. The Morgan fingerprint density at radius 3 is 3.15 bits per heavy atom. The van der Waals surface area contributed by atoms with E-state index in [9.17, 15) is 4.79 Å². The van der Waals surface area contributed by atoms with Crippen molar-refractivity contribution in [2.75, 3.05) is 33.3 Å². The molecule has 3 rings (SSSR count). The molecule has 1 amide bonds. The van der Waals surface area contributed by atoms with Crippen LogP contribution in [0.25, 0.3) is 0 Å². The highest BCUT2D eigenvalue weighted by molar-refractivity contribution is 5.94. The van der Waals surface area contributed by atoms with Crippen molar-refractivity contribution in [3.05, 3.63) is 34.9 Å². The number of ether oxygens (including phenoxy) is 1. The number of amides is 1. The third-order valence-corrected chi connectivity index (χ3v) is 3.93. The molecule has 1 saturated heterocycles. The molecule has 5 nitrogen and oxygen atoms in total. The van der Waals surface area contributed by atoms with Crippen molar-refractivity contribution < 1.29 is 9.53 Å². The number of hydrogen-bond acceptors (Lipinski definition) is 4. The van der Waals surface area contributed by atoms with E-state index in [2.05, 4.69) is 22.6 Å². The predicted molar refractivity (Wildman–Crippen MR) is 76.6 cm³/mol. The number of carbonyl (C=O) groups is 1. The highest BCUT2D eigenvalue weighted by Gasteiger charge is 2.19. The zero-order valence-corrected chi connectivity index (χ0v) is 11.8. The van der Waals surface area contributed by atoms with Gasteiger partial charge >= 0.3 is 0 Å². The molecule has 1 unspecified atom stereocenters. The van der Waals surface area contributed by atoms with Crippen molar-refractivity contribution in [1.29, 1.82) is 0 Å². The van der Waals surface area contributed by atoms with Gasteiger partial charge in [0, 0.05) is 38.3 Å². The minimum absolute atomic E-state index is 0.0171. The lowest BCUT2D eigenvalue weighted by Gasteiger charge is -2.30. The largest absolute Gasteiger partial charge is 0.374 e. The number of carbonyl (C=O) groups excluding carboxylic acids is 1. The average molecular weight is 275 g/mol. The van der Waals surface area contributed by atoms with Crippen LogP contribution in [-0.4, -0.2) is 50.2 Å². The van der Waals surface area contributed by atoms with E-state index in [1.54, 1.807) is 0 Å². The molecular weight excluding hydrogens is 254 g/mol. The second-order valence-electron chi connectivity index (χ2n) is 5.55. The highest BCUT2D eigenvalue weighted by atomic mass is 16.5. The topological polar surface area (TPSA) is 53.6 Å². The molecule has 1 aromatic carbocycles. The van der Waals surface area contributed by atoms with Gasteiger partial charge in [-0.05, 0) is 30.3 Å². The predicted octanol–water partition coefficient (Wildman–Crippen LogP) is 0.350. The molecule has 20 heavy (non-hydrogen) atoms. The van der Waals surface area contributed by atoms with Crippen LogP contribution >= 0.6 is 0 Å². The Morgan fingerprint density at radius 1 is 1.45 bits per heavy atom. The SMILES string of the molecule is CN1CCOC(CNC(=O)c2ccc3c(c2)CNC3)C1. The van der Waals surface area contributed by atoms with Gasteiger partial charge in [-0.15, -0.1) is 0 Å². The molecule has 2 N–H and O–H groups in total. The maximum absolute atomic E-state index is 12.2. The third kappa shape index (κ3) is 3.00. The van der Waals surface area contributed by atoms with Crippen LogP contribution in [-0.2, 0) is 17.8 Å². The van der Waals surface area contributed by atoms with Crippen molar-refractivity contribution in [2.45, 2.75) is 19.2 Å². The first-order valence-electron chi connectivity index (χ1n) is 7.13. The third-order valence-electron chi connectivity index (χ3n) is 3.93. The second kappa shape index (κ2) is 5.91. The van der Waals surface area contributed by atoms with Gasteiger partial charge in [0.15, 0.2) is 0 Å². The van der Waals surface area contributed by atoms with E-state index in [1.807, 2.05) is 18.2 Å². The molecule has 108 valence electrons. The van der Waals surface area contributed by atoms with Crippen LogP contribution in [0.1, 0.15) is 21.5 Å². The van der Waals surface area contributed by atoms with Crippen molar-refractivity contribution >= 4 is 5.91 Å². The van der Waals surface area contributed by atoms with Gasteiger partial charge in [-0.2, -0.15) is 0 Å². The van der Waals surface area contributed by atoms with Gasteiger partial charge in [-0.25, -0.2) is 0 Å². The molecule has 0 aromatic heterocycles. The standard InChI is InChI=1S/C15H21N3O2/c1-18-4-5-20-14(10-18)9-17-15(19)11-2-3-12-7-16-8-13(12)6-11/h2-3,6,14,16H,4-5,7-10H2,1H3,(H,17,19). The Balaban J connectivity index is 1.56. The quantitative estimate of drug-likeness (QED) is 0.836. The van der Waals surface area contributed by atoms with Gasteiger partial charge in [0.25, 0.3) is 5.91 Å². The minimum Gasteiger partial charge on any atom is -0.374 e. The number of nitrogens with one attached hydrogen (secondary N) is 2. The maximum atomic E-state index is 12.2. The molecule has 0 saturated carbocycles. The number of nitrogens with zero attached hydrogens (tertiary/aromatic N) is 1. The lowest BCUT2D eigenvalue weighted by atomic mass is 10.1. The van der Waals surface area contributed by atoms with Crippen LogP contribution in [0.3, 0.4) is 0 Å². The van der Waals surface area contributed by atoms with E-state index < -0.39 is 0 Å². The number of morpholine rings is 1. The Labute approximate surface area is 119 Å². The monoisotopic (exact) mass is 275 g/mol. The van der Waals surface area contributed by atoms with Crippen molar-refractivity contribution in [1.82, 2.24) is 15.5 Å². The van der Waals surface area contributed by atoms with Crippen LogP contribution in [0.4, 0.5) is 0 Å². The van der Waals surface area contributed by atoms with Gasteiger partial charge in [-0.1, -0.05) is 6.07 Å². The summed E-state index contributed by atoms with van der Waals surface area (Å²) in [4.78, 5) is 14.4. The fourth-order valence-corrected chi connectivity index (χ4v) is 2.73. The van der Waals surface area contributed by atoms with E-state index in [1.165, 1.54) is 11.1 Å². The summed E-state index contributed by atoms with van der Waals surface area (Å²) in [6.45, 7) is 4.89. The van der Waals surface area contributed by atoms with Gasteiger partial charge in [0.1, 0.15) is 0 Å². The first kappa shape index (κ1) is 13.5. The van der Waals surface area contributed by atoms with Crippen molar-refractivity contribution in [3.63, 3.8) is 0 Å². The Kier molecular flexibility index (Phi) is 4.00. The van der Waals surface area contributed by atoms with Crippen LogP contribution in [0, 0.1) is 0 Å². The Hall–Kier alpha value is -1.43. The summed E-state index contributed by atoms with van der Waals surface area (Å²) in [6, 6.07) is 5.92. The summed E-state index contributed by atoms with van der Waals surface area (Å²) < 4.78 is 5.64. The number of benzene rings is 1. The zero-order chi connectivity index (χ0) is 13.9. The first-order valence-corrected chi connectivity index (χ1v) is 7.13. The summed E-state index contributed by atoms with van der Waals surface area (Å²) in [5.74, 6) is -0.0171. The van der Waals surface area contributed by atoms with Crippen molar-refractivity contribution in [2.24, 2.45) is 0 Å². The molecule has 1 aromatic rings. The van der Waals surface area contributed by atoms with Crippen LogP contribution in [0.5, 0.6) is 0 Å². The molecule has 0 spiro atoms. The Morgan fingerprint density at radius 2 is 2.30 bits per heavy atom. The molecule has 0 bridgehead atoms. The van der Waals surface area contributed by atoms with Gasteiger partial charge in [-0.3, -0.25) is 4.79 Å². The second-order valence-corrected chi connectivity index (χ2v) is 5.55. The molecular formula is C15H21N3O2. The lowest BCUT2D eigenvalue weighted by molar-refractivity contribution is -0.0175. The smallest absolute Gasteiger partial charge is 0.251 e. The molecule has 2 aliphatic rings. The average Bonchev–Trinajstić information content (AvgIpc) is 2.92. The molecule has 1 fully saturated rings. The molecule has 0 aliphatic carbocycles. The van der Waals surface area contributed by atoms with Gasteiger partial charge in [0.2, 0.25) is 0 Å². The van der Waals surface area contributed by atoms with Crippen LogP contribution in [0.15, 0.2) is 18.2 Å².